The molecule has 6 heteroatoms. The Labute approximate surface area is 128 Å². The normalized spacial score (nSPS) is 25.0. The van der Waals surface area contributed by atoms with Crippen molar-refractivity contribution in [2.75, 3.05) is 0 Å². The molecule has 0 spiro atoms. The Kier molecular flexibility index (Phi) is 4.86. The predicted octanol–water partition coefficient (Wildman–Crippen LogP) is 3.50. The van der Waals surface area contributed by atoms with Gasteiger partial charge >= 0.3 is 0 Å². The van der Waals surface area contributed by atoms with Gasteiger partial charge in [0.15, 0.2) is 0 Å². The van der Waals surface area contributed by atoms with Gasteiger partial charge in [0.2, 0.25) is 0 Å². The molecular weight excluding hydrogens is 286 g/mol. The van der Waals surface area contributed by atoms with Crippen molar-refractivity contribution in [1.29, 1.82) is 5.26 Å². The van der Waals surface area contributed by atoms with Crippen molar-refractivity contribution in [3.8, 4) is 6.07 Å². The topological polar surface area (TPSA) is 79.0 Å². The summed E-state index contributed by atoms with van der Waals surface area (Å²) in [5, 5.41) is 24.1. The summed E-state index contributed by atoms with van der Waals surface area (Å²) in [5.74, 6) is 0. The lowest BCUT2D eigenvalue weighted by molar-refractivity contribution is -0.387. The average molecular weight is 305 g/mol. The van der Waals surface area contributed by atoms with Crippen LogP contribution in [0, 0.1) is 21.4 Å². The molecule has 1 aromatic rings. The van der Waals surface area contributed by atoms with Crippen LogP contribution in [0.3, 0.4) is 0 Å². The summed E-state index contributed by atoms with van der Waals surface area (Å²) < 4.78 is 0. The van der Waals surface area contributed by atoms with Gasteiger partial charge in [0.05, 0.1) is 15.9 Å². The van der Waals surface area contributed by atoms with Gasteiger partial charge in [-0.05, 0) is 39.2 Å². The van der Waals surface area contributed by atoms with Gasteiger partial charge in [0, 0.05) is 17.4 Å². The molecule has 1 aromatic carbocycles. The fourth-order valence-corrected chi connectivity index (χ4v) is 4.19. The van der Waals surface area contributed by atoms with Crippen LogP contribution >= 0.6 is 11.8 Å². The number of nitriles is 1. The van der Waals surface area contributed by atoms with Crippen molar-refractivity contribution in [1.82, 2.24) is 5.32 Å². The molecule has 2 rings (SSSR count). The van der Waals surface area contributed by atoms with E-state index >= 15 is 0 Å². The lowest BCUT2D eigenvalue weighted by Crippen LogP contribution is -2.45. The van der Waals surface area contributed by atoms with Gasteiger partial charge in [-0.2, -0.15) is 5.26 Å². The molecule has 1 aliphatic carbocycles. The molecule has 112 valence electrons. The molecule has 2 atom stereocenters. The van der Waals surface area contributed by atoms with Crippen molar-refractivity contribution < 1.29 is 4.92 Å². The van der Waals surface area contributed by atoms with Crippen LogP contribution in [0.2, 0.25) is 0 Å². The van der Waals surface area contributed by atoms with Crippen LogP contribution in [0.15, 0.2) is 29.2 Å². The predicted molar refractivity (Wildman–Crippen MR) is 83.2 cm³/mol. The Balaban J connectivity index is 2.10. The highest BCUT2D eigenvalue weighted by atomic mass is 32.2. The van der Waals surface area contributed by atoms with Crippen LogP contribution < -0.4 is 5.32 Å². The van der Waals surface area contributed by atoms with Crippen LogP contribution in [-0.4, -0.2) is 21.8 Å². The molecule has 1 fully saturated rings. The molecular formula is C15H19N3O2S. The van der Waals surface area contributed by atoms with Crippen LogP contribution in [0.5, 0.6) is 0 Å². The molecule has 0 heterocycles. The van der Waals surface area contributed by atoms with Crippen LogP contribution in [0.25, 0.3) is 0 Å². The van der Waals surface area contributed by atoms with Gasteiger partial charge in [-0.25, -0.2) is 0 Å². The van der Waals surface area contributed by atoms with Crippen LogP contribution in [-0.2, 0) is 0 Å². The van der Waals surface area contributed by atoms with Gasteiger partial charge < -0.3 is 0 Å². The lowest BCUT2D eigenvalue weighted by Gasteiger charge is -2.25. The summed E-state index contributed by atoms with van der Waals surface area (Å²) in [6, 6.07) is 9.46. The van der Waals surface area contributed by atoms with Crippen molar-refractivity contribution in [3.63, 3.8) is 0 Å². The molecule has 0 saturated heterocycles. The largest absolute Gasteiger partial charge is 0.297 e. The summed E-state index contributed by atoms with van der Waals surface area (Å²) in [5.41, 5.74) is -0.344. The Morgan fingerprint density at radius 1 is 1.52 bits per heavy atom. The average Bonchev–Trinajstić information content (AvgIpc) is 2.82. The zero-order valence-electron chi connectivity index (χ0n) is 12.2. The number of hydrogen-bond acceptors (Lipinski definition) is 5. The third-order valence-electron chi connectivity index (χ3n) is 3.60. The van der Waals surface area contributed by atoms with E-state index in [-0.39, 0.29) is 21.9 Å². The van der Waals surface area contributed by atoms with E-state index in [2.05, 4.69) is 11.4 Å². The summed E-state index contributed by atoms with van der Waals surface area (Å²) in [4.78, 5) is 11.4. The van der Waals surface area contributed by atoms with Gasteiger partial charge in [-0.15, -0.1) is 11.8 Å². The Morgan fingerprint density at radius 3 is 2.86 bits per heavy atom. The third kappa shape index (κ3) is 3.74. The van der Waals surface area contributed by atoms with E-state index in [4.69, 9.17) is 0 Å². The number of para-hydroxylation sites is 1. The number of nitrogens with one attached hydrogen (secondary N) is 1. The van der Waals surface area contributed by atoms with E-state index in [0.717, 1.165) is 19.3 Å². The van der Waals surface area contributed by atoms with Crippen molar-refractivity contribution in [2.24, 2.45) is 0 Å². The molecule has 0 radical (unpaired) electrons. The second-order valence-electron chi connectivity index (χ2n) is 5.70. The van der Waals surface area contributed by atoms with E-state index in [1.54, 1.807) is 12.1 Å². The lowest BCUT2D eigenvalue weighted by atomic mass is 9.99. The highest BCUT2D eigenvalue weighted by molar-refractivity contribution is 8.00. The summed E-state index contributed by atoms with van der Waals surface area (Å²) in [7, 11) is 0. The first-order valence-electron chi connectivity index (χ1n) is 7.05. The fraction of sp³-hybridized carbons (Fsp3) is 0.533. The zero-order chi connectivity index (χ0) is 15.5. The Bertz CT molecular complexity index is 570. The second kappa shape index (κ2) is 6.46. The van der Waals surface area contributed by atoms with Crippen LogP contribution in [0.1, 0.15) is 33.1 Å². The molecule has 0 aromatic heterocycles. The van der Waals surface area contributed by atoms with Gasteiger partial charge in [0.25, 0.3) is 5.69 Å². The quantitative estimate of drug-likeness (QED) is 0.665. The molecule has 2 unspecified atom stereocenters. The molecule has 1 saturated carbocycles. The maximum Gasteiger partial charge on any atom is 0.282 e. The number of thioether (sulfide) groups is 1. The molecule has 0 bridgehead atoms. The third-order valence-corrected chi connectivity index (χ3v) is 4.94. The van der Waals surface area contributed by atoms with Crippen molar-refractivity contribution in [2.45, 2.75) is 54.8 Å². The summed E-state index contributed by atoms with van der Waals surface area (Å²) in [6.07, 6.45) is 2.41. The van der Waals surface area contributed by atoms with Crippen molar-refractivity contribution >= 4 is 17.4 Å². The Morgan fingerprint density at radius 2 is 2.24 bits per heavy atom. The highest BCUT2D eigenvalue weighted by Gasteiger charge is 2.40. The zero-order valence-corrected chi connectivity index (χ0v) is 13.0. The number of nitro benzene ring substituents is 1. The maximum absolute atomic E-state index is 11.1. The number of benzene rings is 1. The SMILES string of the molecule is CC(C)NC1(C#N)CCC(Sc2ccccc2[N+](=O)[O-])C1. The number of nitro groups is 1. The molecule has 1 N–H and O–H groups in total. The van der Waals surface area contributed by atoms with Gasteiger partial charge in [-0.1, -0.05) is 12.1 Å². The maximum atomic E-state index is 11.1. The smallest absolute Gasteiger partial charge is 0.282 e. The van der Waals surface area contributed by atoms with E-state index < -0.39 is 5.54 Å². The molecule has 0 amide bonds. The number of nitrogens with zero attached hydrogens (tertiary/aromatic N) is 2. The fourth-order valence-electron chi connectivity index (χ4n) is 2.81. The van der Waals surface area contributed by atoms with E-state index in [9.17, 15) is 15.4 Å². The first-order valence-corrected chi connectivity index (χ1v) is 7.93. The number of hydrogen-bond donors (Lipinski definition) is 1. The monoisotopic (exact) mass is 305 g/mol. The first kappa shape index (κ1) is 15.8. The minimum absolute atomic E-state index is 0.147. The summed E-state index contributed by atoms with van der Waals surface area (Å²) in [6.45, 7) is 4.06. The Hall–Kier alpha value is -1.58. The number of rotatable bonds is 5. The van der Waals surface area contributed by atoms with Crippen LogP contribution in [0.4, 0.5) is 5.69 Å². The van der Waals surface area contributed by atoms with E-state index in [0.29, 0.717) is 4.90 Å². The summed E-state index contributed by atoms with van der Waals surface area (Å²) >= 11 is 1.52. The van der Waals surface area contributed by atoms with E-state index in [1.807, 2.05) is 19.9 Å². The minimum atomic E-state index is -0.491. The second-order valence-corrected chi connectivity index (χ2v) is 7.04. The molecule has 0 aliphatic heterocycles. The van der Waals surface area contributed by atoms with Gasteiger partial charge in [-0.3, -0.25) is 15.4 Å². The highest BCUT2D eigenvalue weighted by Crippen LogP contribution is 2.42. The minimum Gasteiger partial charge on any atom is -0.297 e. The van der Waals surface area contributed by atoms with E-state index in [1.165, 1.54) is 17.8 Å². The standard InChI is InChI=1S/C15H19N3O2S/c1-11(2)17-15(10-16)8-7-12(9-15)21-14-6-4-3-5-13(14)18(19)20/h3-6,11-12,17H,7-9H2,1-2H3. The van der Waals surface area contributed by atoms with Gasteiger partial charge in [0.1, 0.15) is 5.54 Å². The molecule has 21 heavy (non-hydrogen) atoms. The molecule has 1 aliphatic rings. The van der Waals surface area contributed by atoms with Crippen molar-refractivity contribution in [3.05, 3.63) is 34.4 Å². The molecule has 5 nitrogen and oxygen atoms in total. The first-order chi connectivity index (χ1) is 9.96.